The van der Waals surface area contributed by atoms with Crippen LogP contribution in [0.1, 0.15) is 33.1 Å². The summed E-state index contributed by atoms with van der Waals surface area (Å²) in [4.78, 5) is 0. The highest BCUT2D eigenvalue weighted by molar-refractivity contribution is 14.1. The Labute approximate surface area is 102 Å². The van der Waals surface area contributed by atoms with Gasteiger partial charge in [0, 0.05) is 3.42 Å². The third-order valence-corrected chi connectivity index (χ3v) is 6.58. The Morgan fingerprint density at radius 3 is 2.57 bits per heavy atom. The predicted octanol–water partition coefficient (Wildman–Crippen LogP) is 3.08. The van der Waals surface area contributed by atoms with E-state index in [1.807, 2.05) is 0 Å². The molecule has 2 saturated carbocycles. The van der Waals surface area contributed by atoms with Crippen LogP contribution in [0.25, 0.3) is 0 Å². The van der Waals surface area contributed by atoms with Crippen molar-refractivity contribution < 1.29 is 0 Å². The Bertz CT molecular complexity index is 212. The van der Waals surface area contributed by atoms with Gasteiger partial charge in [0.25, 0.3) is 0 Å². The molecular weight excluding hydrogens is 285 g/mol. The highest BCUT2D eigenvalue weighted by Crippen LogP contribution is 2.57. The molecule has 2 rings (SSSR count). The highest BCUT2D eigenvalue weighted by atomic mass is 127. The van der Waals surface area contributed by atoms with Gasteiger partial charge in [-0.2, -0.15) is 0 Å². The summed E-state index contributed by atoms with van der Waals surface area (Å²) >= 11 is 2.69. The molecule has 82 valence electrons. The van der Waals surface area contributed by atoms with E-state index in [2.05, 4.69) is 48.8 Å². The molecule has 2 aliphatic rings. The third kappa shape index (κ3) is 2.11. The number of hydrogen-bond donors (Lipinski definition) is 1. The Morgan fingerprint density at radius 1 is 1.43 bits per heavy atom. The number of halogens is 1. The van der Waals surface area contributed by atoms with Crippen LogP contribution in [-0.2, 0) is 0 Å². The minimum absolute atomic E-state index is 0.699. The minimum atomic E-state index is 0.699. The Balaban J connectivity index is 1.76. The van der Waals surface area contributed by atoms with Crippen LogP contribution in [0.2, 0.25) is 0 Å². The van der Waals surface area contributed by atoms with Gasteiger partial charge in [0.1, 0.15) is 0 Å². The number of rotatable bonds is 5. The molecule has 0 amide bonds. The first-order chi connectivity index (χ1) is 6.58. The normalized spacial score (nSPS) is 40.7. The topological polar surface area (TPSA) is 12.0 Å². The molecule has 14 heavy (non-hydrogen) atoms. The first-order valence-corrected chi connectivity index (χ1v) is 7.00. The molecule has 0 aromatic rings. The lowest BCUT2D eigenvalue weighted by Gasteiger charge is -2.16. The average molecular weight is 307 g/mol. The van der Waals surface area contributed by atoms with Crippen molar-refractivity contribution >= 4 is 22.6 Å². The molecule has 2 fully saturated rings. The summed E-state index contributed by atoms with van der Waals surface area (Å²) in [6.07, 6.45) is 4.40. The summed E-state index contributed by atoms with van der Waals surface area (Å²) in [5, 5.41) is 3.32. The maximum absolute atomic E-state index is 3.32. The van der Waals surface area contributed by atoms with Crippen molar-refractivity contribution in [1.82, 2.24) is 5.32 Å². The lowest BCUT2D eigenvalue weighted by atomic mass is 9.98. The van der Waals surface area contributed by atoms with E-state index in [-0.39, 0.29) is 0 Å². The van der Waals surface area contributed by atoms with Gasteiger partial charge in [-0.15, -0.1) is 0 Å². The zero-order valence-corrected chi connectivity index (χ0v) is 11.7. The Hall–Kier alpha value is 0.690. The Kier molecular flexibility index (Phi) is 3.14. The number of nitrogens with one attached hydrogen (secondary N) is 1. The van der Waals surface area contributed by atoms with E-state index in [1.165, 1.54) is 25.8 Å². The van der Waals surface area contributed by atoms with E-state index in [0.717, 1.165) is 23.7 Å². The maximum Gasteiger partial charge on any atom is 0.0249 e. The average Bonchev–Trinajstić information content (AvgIpc) is 3.01. The van der Waals surface area contributed by atoms with Crippen LogP contribution in [0, 0.1) is 23.7 Å². The molecule has 0 aromatic carbocycles. The van der Waals surface area contributed by atoms with E-state index in [0.29, 0.717) is 3.42 Å². The molecule has 1 N–H and O–H groups in total. The largest absolute Gasteiger partial charge is 0.319 e. The smallest absolute Gasteiger partial charge is 0.0249 e. The number of alkyl halides is 1. The van der Waals surface area contributed by atoms with Gasteiger partial charge in [-0.25, -0.2) is 0 Å². The van der Waals surface area contributed by atoms with Crippen LogP contribution in [0.5, 0.6) is 0 Å². The lowest BCUT2D eigenvalue weighted by molar-refractivity contribution is 0.453. The molecule has 0 spiro atoms. The summed E-state index contributed by atoms with van der Waals surface area (Å²) in [6, 6.07) is 0. The molecule has 0 bridgehead atoms. The van der Waals surface area contributed by atoms with Crippen molar-refractivity contribution in [2.75, 3.05) is 13.6 Å². The van der Waals surface area contributed by atoms with Crippen LogP contribution >= 0.6 is 22.6 Å². The van der Waals surface area contributed by atoms with Crippen molar-refractivity contribution in [3.8, 4) is 0 Å². The lowest BCUT2D eigenvalue weighted by Crippen LogP contribution is -2.15. The van der Waals surface area contributed by atoms with Gasteiger partial charge in [-0.3, -0.25) is 0 Å². The van der Waals surface area contributed by atoms with Gasteiger partial charge in [0.05, 0.1) is 0 Å². The molecule has 0 heterocycles. The summed E-state index contributed by atoms with van der Waals surface area (Å²) in [6.45, 7) is 6.11. The minimum Gasteiger partial charge on any atom is -0.319 e. The molecule has 3 unspecified atom stereocenters. The Morgan fingerprint density at radius 2 is 2.07 bits per heavy atom. The quantitative estimate of drug-likeness (QED) is 0.608. The second-order valence-electron chi connectivity index (χ2n) is 5.42. The first kappa shape index (κ1) is 11.2. The monoisotopic (exact) mass is 307 g/mol. The molecule has 2 heteroatoms. The van der Waals surface area contributed by atoms with Crippen molar-refractivity contribution in [3.63, 3.8) is 0 Å². The van der Waals surface area contributed by atoms with E-state index in [9.17, 15) is 0 Å². The highest BCUT2D eigenvalue weighted by Gasteiger charge is 2.51. The summed E-state index contributed by atoms with van der Waals surface area (Å²) in [7, 11) is 2.08. The molecule has 0 aliphatic heterocycles. The van der Waals surface area contributed by atoms with Crippen LogP contribution in [-0.4, -0.2) is 17.0 Å². The fraction of sp³-hybridized carbons (Fsp3) is 1.00. The molecule has 4 atom stereocenters. The molecule has 0 saturated heterocycles. The van der Waals surface area contributed by atoms with Gasteiger partial charge < -0.3 is 5.32 Å². The van der Waals surface area contributed by atoms with Crippen molar-refractivity contribution in [1.29, 1.82) is 0 Å². The van der Waals surface area contributed by atoms with E-state index >= 15 is 0 Å². The van der Waals surface area contributed by atoms with Crippen LogP contribution in [0.3, 0.4) is 0 Å². The van der Waals surface area contributed by atoms with E-state index in [1.54, 1.807) is 0 Å². The first-order valence-electron chi connectivity index (χ1n) is 5.92. The second-order valence-corrected chi connectivity index (χ2v) is 7.56. The van der Waals surface area contributed by atoms with Crippen LogP contribution in [0.4, 0.5) is 0 Å². The van der Waals surface area contributed by atoms with E-state index in [4.69, 9.17) is 0 Å². The summed E-state index contributed by atoms with van der Waals surface area (Å²) < 4.78 is 0.699. The van der Waals surface area contributed by atoms with Gasteiger partial charge >= 0.3 is 0 Å². The zero-order chi connectivity index (χ0) is 10.3. The fourth-order valence-electron chi connectivity index (χ4n) is 2.83. The third-order valence-electron chi connectivity index (χ3n) is 4.44. The fourth-order valence-corrected chi connectivity index (χ4v) is 3.35. The van der Waals surface area contributed by atoms with Gasteiger partial charge in [-0.1, -0.05) is 36.4 Å². The van der Waals surface area contributed by atoms with Gasteiger partial charge in [-0.05, 0) is 56.5 Å². The maximum atomic E-state index is 3.32. The van der Waals surface area contributed by atoms with Crippen LogP contribution < -0.4 is 5.32 Å². The molecular formula is C12H22IN. The molecule has 0 aromatic heterocycles. The zero-order valence-electron chi connectivity index (χ0n) is 9.52. The summed E-state index contributed by atoms with van der Waals surface area (Å²) in [5.41, 5.74) is 0. The van der Waals surface area contributed by atoms with Crippen molar-refractivity contribution in [2.24, 2.45) is 23.7 Å². The van der Waals surface area contributed by atoms with Gasteiger partial charge in [0.15, 0.2) is 0 Å². The standard InChI is InChI=1S/C12H22IN/c1-8(12(13)4-5-12)6-10-9(2)11(10)7-14-3/h8-11,14H,4-7H2,1-3H3/t8?,9-,10?,11?/m0/s1. The predicted molar refractivity (Wildman–Crippen MR) is 69.8 cm³/mol. The SMILES string of the molecule is CNCC1C(CC(C)C2(I)CC2)[C@@H]1C. The van der Waals surface area contributed by atoms with Crippen molar-refractivity contribution in [2.45, 2.75) is 36.5 Å². The van der Waals surface area contributed by atoms with E-state index < -0.39 is 0 Å². The molecule has 0 radical (unpaired) electrons. The number of hydrogen-bond acceptors (Lipinski definition) is 1. The molecule has 1 nitrogen and oxygen atoms in total. The summed E-state index contributed by atoms with van der Waals surface area (Å²) in [5.74, 6) is 3.91. The van der Waals surface area contributed by atoms with Crippen LogP contribution in [0.15, 0.2) is 0 Å². The van der Waals surface area contributed by atoms with Crippen molar-refractivity contribution in [3.05, 3.63) is 0 Å². The second kappa shape index (κ2) is 3.93. The van der Waals surface area contributed by atoms with Gasteiger partial charge in [0.2, 0.25) is 0 Å². The molecule has 2 aliphatic carbocycles.